The van der Waals surface area contributed by atoms with Gasteiger partial charge in [-0.3, -0.25) is 4.57 Å². The molecule has 4 nitrogen and oxygen atoms in total. The van der Waals surface area contributed by atoms with E-state index < -0.39 is 0 Å². The lowest BCUT2D eigenvalue weighted by Crippen LogP contribution is -2.11. The first-order valence-electron chi connectivity index (χ1n) is 4.59. The lowest BCUT2D eigenvalue weighted by atomic mass is 10.1. The minimum Gasteiger partial charge on any atom is -0.408 e. The maximum atomic E-state index is 11.2. The second-order valence-corrected chi connectivity index (χ2v) is 3.81. The van der Waals surface area contributed by atoms with Crippen LogP contribution in [0.4, 0.5) is 0 Å². The summed E-state index contributed by atoms with van der Waals surface area (Å²) in [7, 11) is 1.67. The normalized spacial score (nSPS) is 13.3. The SMILES string of the molecule is Cn1c(=O)oc2cc(C(N)CS)ccc21. The van der Waals surface area contributed by atoms with Gasteiger partial charge in [0.05, 0.1) is 5.52 Å². The third-order valence-corrected chi connectivity index (χ3v) is 2.83. The Morgan fingerprint density at radius 2 is 2.33 bits per heavy atom. The number of oxazole rings is 1. The number of benzene rings is 1. The summed E-state index contributed by atoms with van der Waals surface area (Å²) in [5, 5.41) is 0. The molecule has 1 heterocycles. The first-order chi connectivity index (χ1) is 7.13. The van der Waals surface area contributed by atoms with Crippen molar-refractivity contribution < 1.29 is 4.42 Å². The molecule has 0 amide bonds. The number of aryl methyl sites for hydroxylation is 1. The Kier molecular flexibility index (Phi) is 2.58. The average molecular weight is 224 g/mol. The largest absolute Gasteiger partial charge is 0.419 e. The van der Waals surface area contributed by atoms with E-state index in [1.54, 1.807) is 13.1 Å². The smallest absolute Gasteiger partial charge is 0.408 e. The van der Waals surface area contributed by atoms with E-state index in [-0.39, 0.29) is 11.8 Å². The number of rotatable bonds is 2. The fourth-order valence-corrected chi connectivity index (χ4v) is 1.70. The standard InChI is InChI=1S/C10H12N2O2S/c1-12-8-3-2-6(7(11)5-15)4-9(8)14-10(12)13/h2-4,7,15H,5,11H2,1H3. The lowest BCUT2D eigenvalue weighted by Gasteiger charge is -2.07. The summed E-state index contributed by atoms with van der Waals surface area (Å²) in [6.45, 7) is 0. The predicted octanol–water partition coefficient (Wildman–Crippen LogP) is 1.06. The fraction of sp³-hybridized carbons (Fsp3) is 0.300. The van der Waals surface area contributed by atoms with Crippen LogP contribution in [-0.4, -0.2) is 10.3 Å². The average Bonchev–Trinajstić information content (AvgIpc) is 2.53. The number of nitrogens with two attached hydrogens (primary N) is 1. The molecule has 1 atom stereocenters. The molecular weight excluding hydrogens is 212 g/mol. The summed E-state index contributed by atoms with van der Waals surface area (Å²) in [6.07, 6.45) is 0. The topological polar surface area (TPSA) is 61.2 Å². The van der Waals surface area contributed by atoms with E-state index in [0.29, 0.717) is 11.3 Å². The van der Waals surface area contributed by atoms with Crippen molar-refractivity contribution in [2.24, 2.45) is 12.8 Å². The quantitative estimate of drug-likeness (QED) is 0.750. The predicted molar refractivity (Wildman–Crippen MR) is 62.2 cm³/mol. The first-order valence-corrected chi connectivity index (χ1v) is 5.22. The van der Waals surface area contributed by atoms with Gasteiger partial charge in [0.15, 0.2) is 5.58 Å². The van der Waals surface area contributed by atoms with Crippen LogP contribution in [0.3, 0.4) is 0 Å². The number of nitrogens with zero attached hydrogens (tertiary/aromatic N) is 1. The van der Waals surface area contributed by atoms with Crippen LogP contribution in [0.15, 0.2) is 27.4 Å². The van der Waals surface area contributed by atoms with Crippen molar-refractivity contribution >= 4 is 23.7 Å². The van der Waals surface area contributed by atoms with Gasteiger partial charge in [0.25, 0.3) is 0 Å². The van der Waals surface area contributed by atoms with Crippen LogP contribution in [0.1, 0.15) is 11.6 Å². The Morgan fingerprint density at radius 3 is 3.00 bits per heavy atom. The molecule has 5 heteroatoms. The van der Waals surface area contributed by atoms with E-state index in [1.807, 2.05) is 12.1 Å². The Bertz CT molecular complexity index is 544. The van der Waals surface area contributed by atoms with E-state index in [9.17, 15) is 4.79 Å². The molecule has 0 bridgehead atoms. The van der Waals surface area contributed by atoms with Gasteiger partial charge in [-0.2, -0.15) is 12.6 Å². The molecule has 0 radical (unpaired) electrons. The van der Waals surface area contributed by atoms with Crippen LogP contribution in [0.25, 0.3) is 11.1 Å². The van der Waals surface area contributed by atoms with E-state index in [2.05, 4.69) is 12.6 Å². The van der Waals surface area contributed by atoms with E-state index in [1.165, 1.54) is 4.57 Å². The minimum atomic E-state index is -0.360. The molecule has 1 aromatic heterocycles. The Labute approximate surface area is 92.1 Å². The summed E-state index contributed by atoms with van der Waals surface area (Å²) in [5.41, 5.74) is 8.09. The molecule has 2 rings (SSSR count). The van der Waals surface area contributed by atoms with Crippen LogP contribution in [-0.2, 0) is 7.05 Å². The van der Waals surface area contributed by atoms with E-state index in [0.717, 1.165) is 11.1 Å². The second-order valence-electron chi connectivity index (χ2n) is 3.44. The number of hydrogen-bond donors (Lipinski definition) is 2. The van der Waals surface area contributed by atoms with Crippen molar-refractivity contribution in [2.45, 2.75) is 6.04 Å². The molecule has 2 N–H and O–H groups in total. The van der Waals surface area contributed by atoms with Gasteiger partial charge in [-0.05, 0) is 17.7 Å². The lowest BCUT2D eigenvalue weighted by molar-refractivity contribution is 0.527. The molecule has 1 unspecified atom stereocenters. The van der Waals surface area contributed by atoms with Crippen LogP contribution in [0.5, 0.6) is 0 Å². The third kappa shape index (κ3) is 1.68. The van der Waals surface area contributed by atoms with Gasteiger partial charge in [0.2, 0.25) is 0 Å². The van der Waals surface area contributed by atoms with Crippen molar-refractivity contribution in [3.8, 4) is 0 Å². The van der Waals surface area contributed by atoms with Crippen molar-refractivity contribution in [3.05, 3.63) is 34.3 Å². The zero-order valence-electron chi connectivity index (χ0n) is 8.30. The fourth-order valence-electron chi connectivity index (χ4n) is 1.49. The monoisotopic (exact) mass is 224 g/mol. The summed E-state index contributed by atoms with van der Waals surface area (Å²) in [6, 6.07) is 5.37. The molecule has 0 aliphatic rings. The van der Waals surface area contributed by atoms with Crippen LogP contribution in [0, 0.1) is 0 Å². The van der Waals surface area contributed by atoms with Crippen LogP contribution >= 0.6 is 12.6 Å². The molecule has 0 saturated heterocycles. The molecule has 0 spiro atoms. The molecule has 2 aromatic rings. The number of thiol groups is 1. The van der Waals surface area contributed by atoms with E-state index >= 15 is 0 Å². The molecule has 80 valence electrons. The highest BCUT2D eigenvalue weighted by Gasteiger charge is 2.09. The molecular formula is C10H12N2O2S. The van der Waals surface area contributed by atoms with Crippen molar-refractivity contribution in [1.29, 1.82) is 0 Å². The highest BCUT2D eigenvalue weighted by molar-refractivity contribution is 7.80. The highest BCUT2D eigenvalue weighted by Crippen LogP contribution is 2.18. The molecule has 0 aliphatic carbocycles. The van der Waals surface area contributed by atoms with Gasteiger partial charge in [-0.15, -0.1) is 0 Å². The van der Waals surface area contributed by atoms with Crippen molar-refractivity contribution in [3.63, 3.8) is 0 Å². The molecule has 15 heavy (non-hydrogen) atoms. The summed E-state index contributed by atoms with van der Waals surface area (Å²) in [4.78, 5) is 11.2. The maximum Gasteiger partial charge on any atom is 0.419 e. The van der Waals surface area contributed by atoms with Crippen molar-refractivity contribution in [2.75, 3.05) is 5.75 Å². The Morgan fingerprint density at radius 1 is 1.60 bits per heavy atom. The van der Waals surface area contributed by atoms with Crippen LogP contribution < -0.4 is 11.5 Å². The Balaban J connectivity index is 2.62. The molecule has 0 fully saturated rings. The molecule has 0 saturated carbocycles. The minimum absolute atomic E-state index is 0.136. The molecule has 0 aliphatic heterocycles. The van der Waals surface area contributed by atoms with Gasteiger partial charge in [-0.1, -0.05) is 6.07 Å². The van der Waals surface area contributed by atoms with Crippen LogP contribution in [0.2, 0.25) is 0 Å². The van der Waals surface area contributed by atoms with Gasteiger partial charge in [0.1, 0.15) is 0 Å². The number of aromatic nitrogens is 1. The van der Waals surface area contributed by atoms with Gasteiger partial charge >= 0.3 is 5.76 Å². The number of hydrogen-bond acceptors (Lipinski definition) is 4. The van der Waals surface area contributed by atoms with Gasteiger partial charge < -0.3 is 10.2 Å². The Hall–Kier alpha value is -1.20. The van der Waals surface area contributed by atoms with Gasteiger partial charge in [0, 0.05) is 18.8 Å². The maximum absolute atomic E-state index is 11.2. The van der Waals surface area contributed by atoms with E-state index in [4.69, 9.17) is 10.2 Å². The second kappa shape index (κ2) is 3.75. The zero-order chi connectivity index (χ0) is 11.0. The molecule has 1 aromatic carbocycles. The summed E-state index contributed by atoms with van der Waals surface area (Å²) < 4.78 is 6.52. The zero-order valence-corrected chi connectivity index (χ0v) is 9.20. The van der Waals surface area contributed by atoms with Gasteiger partial charge in [-0.25, -0.2) is 4.79 Å². The first kappa shape index (κ1) is 10.3. The number of fused-ring (bicyclic) bond motifs is 1. The van der Waals surface area contributed by atoms with Crippen molar-refractivity contribution in [1.82, 2.24) is 4.57 Å². The summed E-state index contributed by atoms with van der Waals surface area (Å²) >= 11 is 4.12. The summed E-state index contributed by atoms with van der Waals surface area (Å²) in [5.74, 6) is 0.198. The highest BCUT2D eigenvalue weighted by atomic mass is 32.1. The third-order valence-electron chi connectivity index (χ3n) is 2.44.